The first-order chi connectivity index (χ1) is 10.6. The molecule has 2 aromatic rings. The predicted molar refractivity (Wildman–Crippen MR) is 82.2 cm³/mol. The lowest BCUT2D eigenvalue weighted by Gasteiger charge is -2.10. The van der Waals surface area contributed by atoms with E-state index in [2.05, 4.69) is 9.72 Å². The second-order valence-electron chi connectivity index (χ2n) is 5.32. The van der Waals surface area contributed by atoms with Crippen LogP contribution < -0.4 is 0 Å². The largest absolute Gasteiger partial charge is 0.466 e. The number of H-pyrrole nitrogens is 1. The van der Waals surface area contributed by atoms with Gasteiger partial charge in [-0.3, -0.25) is 0 Å². The molecular weight excluding hydrogens is 306 g/mol. The van der Waals surface area contributed by atoms with Crippen LogP contribution in [-0.2, 0) is 27.1 Å². The Balaban J connectivity index is 1.92. The summed E-state index contributed by atoms with van der Waals surface area (Å²) >= 11 is 6.22. The Morgan fingerprint density at radius 2 is 2.05 bits per heavy atom. The summed E-state index contributed by atoms with van der Waals surface area (Å²) in [6.45, 7) is -0.426. The molecule has 0 atom stereocenters. The number of aryl methyl sites for hydroxylation is 2. The molecule has 0 spiro atoms. The van der Waals surface area contributed by atoms with Gasteiger partial charge < -0.3 is 14.5 Å². The average molecular weight is 322 g/mol. The maximum atomic E-state index is 12.0. The molecule has 5 nitrogen and oxygen atoms in total. The zero-order valence-electron chi connectivity index (χ0n) is 12.2. The van der Waals surface area contributed by atoms with E-state index < -0.39 is 18.5 Å². The minimum Gasteiger partial charge on any atom is -0.466 e. The van der Waals surface area contributed by atoms with Crippen LogP contribution in [0.3, 0.4) is 0 Å². The molecule has 0 unspecified atom stereocenters. The summed E-state index contributed by atoms with van der Waals surface area (Å²) < 4.78 is 9.34. The maximum Gasteiger partial charge on any atom is 0.344 e. The summed E-state index contributed by atoms with van der Waals surface area (Å²) in [6.07, 6.45) is 4.38. The normalized spacial score (nSPS) is 13.7. The van der Waals surface area contributed by atoms with Crippen molar-refractivity contribution in [2.45, 2.75) is 25.7 Å². The molecule has 0 saturated carbocycles. The highest BCUT2D eigenvalue weighted by molar-refractivity contribution is 6.34. The number of halogens is 1. The number of carbonyl (C=O) groups excluding carboxylic acids is 2. The highest BCUT2D eigenvalue weighted by Crippen LogP contribution is 2.32. The number of benzene rings is 1. The van der Waals surface area contributed by atoms with Gasteiger partial charge in [-0.15, -0.1) is 0 Å². The van der Waals surface area contributed by atoms with Gasteiger partial charge >= 0.3 is 11.9 Å². The van der Waals surface area contributed by atoms with Gasteiger partial charge in [-0.1, -0.05) is 11.6 Å². The maximum absolute atomic E-state index is 12.0. The fourth-order valence-electron chi connectivity index (χ4n) is 2.85. The third-order valence-electron chi connectivity index (χ3n) is 3.95. The fraction of sp³-hybridized carbons (Fsp3) is 0.375. The van der Waals surface area contributed by atoms with Crippen molar-refractivity contribution in [2.75, 3.05) is 13.7 Å². The number of hydrogen-bond donors (Lipinski definition) is 1. The van der Waals surface area contributed by atoms with Crippen LogP contribution in [0.25, 0.3) is 10.9 Å². The predicted octanol–water partition coefficient (Wildman–Crippen LogP) is 3.03. The van der Waals surface area contributed by atoms with Crippen molar-refractivity contribution in [3.63, 3.8) is 0 Å². The molecule has 0 aliphatic heterocycles. The van der Waals surface area contributed by atoms with Crippen LogP contribution in [0.4, 0.5) is 0 Å². The SMILES string of the molecule is COC(=O)COC(=O)c1cc2[nH]c3c(c2cc1Cl)CCCC3. The molecule has 6 heteroatoms. The van der Waals surface area contributed by atoms with Gasteiger partial charge in [0.15, 0.2) is 6.61 Å². The number of esters is 2. The van der Waals surface area contributed by atoms with E-state index in [1.807, 2.05) is 0 Å². The monoisotopic (exact) mass is 321 g/mol. The van der Waals surface area contributed by atoms with Crippen LogP contribution in [0.2, 0.25) is 5.02 Å². The van der Waals surface area contributed by atoms with Gasteiger partial charge in [0.05, 0.1) is 17.7 Å². The first-order valence-electron chi connectivity index (χ1n) is 7.17. The number of aromatic nitrogens is 1. The summed E-state index contributed by atoms with van der Waals surface area (Å²) in [5.41, 5.74) is 3.63. The Labute approximate surface area is 132 Å². The molecule has 1 aromatic heterocycles. The van der Waals surface area contributed by atoms with Gasteiger partial charge in [0, 0.05) is 16.6 Å². The molecule has 0 bridgehead atoms. The fourth-order valence-corrected chi connectivity index (χ4v) is 3.09. The van der Waals surface area contributed by atoms with E-state index in [0.29, 0.717) is 5.02 Å². The first-order valence-corrected chi connectivity index (χ1v) is 7.55. The Hall–Kier alpha value is -2.01. The molecule has 22 heavy (non-hydrogen) atoms. The molecule has 3 rings (SSSR count). The van der Waals surface area contributed by atoms with Crippen molar-refractivity contribution in [1.82, 2.24) is 4.98 Å². The third kappa shape index (κ3) is 2.68. The van der Waals surface area contributed by atoms with Crippen LogP contribution in [0.5, 0.6) is 0 Å². The topological polar surface area (TPSA) is 68.4 Å². The Kier molecular flexibility index (Phi) is 4.07. The van der Waals surface area contributed by atoms with E-state index in [1.54, 1.807) is 12.1 Å². The third-order valence-corrected chi connectivity index (χ3v) is 4.27. The summed E-state index contributed by atoms with van der Waals surface area (Å²) in [5.74, 6) is -1.24. The second-order valence-corrected chi connectivity index (χ2v) is 5.73. The van der Waals surface area contributed by atoms with Crippen LogP contribution in [0, 0.1) is 0 Å². The number of rotatable bonds is 3. The minimum atomic E-state index is -0.634. The van der Waals surface area contributed by atoms with Gasteiger partial charge in [-0.25, -0.2) is 9.59 Å². The Morgan fingerprint density at radius 3 is 2.82 bits per heavy atom. The molecule has 1 aliphatic rings. The quantitative estimate of drug-likeness (QED) is 0.882. The average Bonchev–Trinajstić information content (AvgIpc) is 2.89. The number of carbonyl (C=O) groups is 2. The molecule has 0 radical (unpaired) electrons. The molecule has 1 aromatic carbocycles. The van der Waals surface area contributed by atoms with Crippen LogP contribution in [0.1, 0.15) is 34.5 Å². The molecule has 0 amide bonds. The minimum absolute atomic E-state index is 0.247. The zero-order chi connectivity index (χ0) is 15.7. The molecular formula is C16H16ClNO4. The van der Waals surface area contributed by atoms with E-state index in [1.165, 1.54) is 31.2 Å². The van der Waals surface area contributed by atoms with Gasteiger partial charge in [0.2, 0.25) is 0 Å². The summed E-state index contributed by atoms with van der Waals surface area (Å²) in [6, 6.07) is 3.49. The first kappa shape index (κ1) is 14.9. The van der Waals surface area contributed by atoms with Crippen molar-refractivity contribution in [3.05, 3.63) is 34.0 Å². The molecule has 1 aliphatic carbocycles. The lowest BCUT2D eigenvalue weighted by Crippen LogP contribution is -2.15. The van der Waals surface area contributed by atoms with Crippen LogP contribution in [0.15, 0.2) is 12.1 Å². The van der Waals surface area contributed by atoms with Gasteiger partial charge in [-0.05, 0) is 43.4 Å². The summed E-state index contributed by atoms with van der Waals surface area (Å²) in [7, 11) is 1.23. The number of aromatic amines is 1. The molecule has 116 valence electrons. The summed E-state index contributed by atoms with van der Waals surface area (Å²) in [5, 5.41) is 1.39. The van der Waals surface area contributed by atoms with Crippen LogP contribution in [-0.4, -0.2) is 30.6 Å². The van der Waals surface area contributed by atoms with E-state index in [4.69, 9.17) is 16.3 Å². The van der Waals surface area contributed by atoms with E-state index in [0.717, 1.165) is 23.7 Å². The second kappa shape index (κ2) is 6.01. The molecule has 1 heterocycles. The number of methoxy groups -OCH3 is 1. The van der Waals surface area contributed by atoms with Crippen molar-refractivity contribution in [2.24, 2.45) is 0 Å². The zero-order valence-corrected chi connectivity index (χ0v) is 13.0. The van der Waals surface area contributed by atoms with E-state index in [-0.39, 0.29) is 5.56 Å². The lowest BCUT2D eigenvalue weighted by atomic mass is 9.95. The Bertz CT molecular complexity index is 750. The Morgan fingerprint density at radius 1 is 1.27 bits per heavy atom. The van der Waals surface area contributed by atoms with Gasteiger partial charge in [0.1, 0.15) is 0 Å². The molecule has 0 saturated heterocycles. The van der Waals surface area contributed by atoms with Crippen molar-refractivity contribution in [3.8, 4) is 0 Å². The van der Waals surface area contributed by atoms with E-state index in [9.17, 15) is 9.59 Å². The number of hydrogen-bond acceptors (Lipinski definition) is 4. The summed E-state index contributed by atoms with van der Waals surface area (Å²) in [4.78, 5) is 26.4. The van der Waals surface area contributed by atoms with E-state index >= 15 is 0 Å². The molecule has 1 N–H and O–H groups in total. The number of nitrogens with one attached hydrogen (secondary N) is 1. The van der Waals surface area contributed by atoms with Crippen LogP contribution >= 0.6 is 11.6 Å². The van der Waals surface area contributed by atoms with Gasteiger partial charge in [-0.2, -0.15) is 0 Å². The highest BCUT2D eigenvalue weighted by Gasteiger charge is 2.20. The van der Waals surface area contributed by atoms with Crippen molar-refractivity contribution >= 4 is 34.4 Å². The smallest absolute Gasteiger partial charge is 0.344 e. The molecule has 0 fully saturated rings. The number of ether oxygens (including phenoxy) is 2. The lowest BCUT2D eigenvalue weighted by molar-refractivity contribution is -0.144. The van der Waals surface area contributed by atoms with Gasteiger partial charge in [0.25, 0.3) is 0 Å². The van der Waals surface area contributed by atoms with Crippen molar-refractivity contribution in [1.29, 1.82) is 0 Å². The standard InChI is InChI=1S/C16H16ClNO4/c1-21-15(19)8-22-16(20)11-7-14-10(6-12(11)17)9-4-2-3-5-13(9)18-14/h6-7,18H,2-5,8H2,1H3. The van der Waals surface area contributed by atoms with Crippen molar-refractivity contribution < 1.29 is 19.1 Å². The number of fused-ring (bicyclic) bond motifs is 3. The highest BCUT2D eigenvalue weighted by atomic mass is 35.5.